The molecule has 0 radical (unpaired) electrons. The Morgan fingerprint density at radius 1 is 1.28 bits per heavy atom. The van der Waals surface area contributed by atoms with Crippen LogP contribution in [0.3, 0.4) is 0 Å². The van der Waals surface area contributed by atoms with E-state index in [1.54, 1.807) is 35.7 Å². The third-order valence-corrected chi connectivity index (χ3v) is 5.42. The second-order valence-corrected chi connectivity index (χ2v) is 9.51. The van der Waals surface area contributed by atoms with Gasteiger partial charge in [-0.2, -0.15) is 0 Å². The Bertz CT molecular complexity index is 848. The molecule has 0 fully saturated rings. The van der Waals surface area contributed by atoms with E-state index in [0.29, 0.717) is 32.1 Å². The van der Waals surface area contributed by atoms with Gasteiger partial charge in [-0.1, -0.05) is 6.07 Å². The van der Waals surface area contributed by atoms with Gasteiger partial charge in [-0.25, -0.2) is 9.78 Å². The predicted octanol–water partition coefficient (Wildman–Crippen LogP) is 4.27. The Morgan fingerprint density at radius 2 is 2.03 bits per heavy atom. The lowest BCUT2D eigenvalue weighted by Crippen LogP contribution is -2.40. The van der Waals surface area contributed by atoms with Crippen LogP contribution >= 0.6 is 35.3 Å². The van der Waals surface area contributed by atoms with Crippen LogP contribution in [0.1, 0.15) is 48.3 Å². The fraction of sp³-hybridized carbons (Fsp3) is 0.545. The zero-order valence-corrected chi connectivity index (χ0v) is 22.9. The quantitative estimate of drug-likeness (QED) is 0.212. The Kier molecular flexibility index (Phi) is 11.9. The zero-order valence-electron chi connectivity index (χ0n) is 19.8. The first kappa shape index (κ1) is 28.1. The van der Waals surface area contributed by atoms with Gasteiger partial charge < -0.3 is 20.3 Å². The number of carbonyl (C=O) groups excluding carboxylic acids is 1. The molecule has 8 nitrogen and oxygen atoms in total. The van der Waals surface area contributed by atoms with Gasteiger partial charge in [0.2, 0.25) is 0 Å². The van der Waals surface area contributed by atoms with Crippen molar-refractivity contribution in [1.82, 2.24) is 25.5 Å². The van der Waals surface area contributed by atoms with Crippen LogP contribution in [0.5, 0.6) is 0 Å². The minimum absolute atomic E-state index is 0. The van der Waals surface area contributed by atoms with Gasteiger partial charge in [0, 0.05) is 37.4 Å². The van der Waals surface area contributed by atoms with Crippen LogP contribution in [0.15, 0.2) is 29.5 Å². The van der Waals surface area contributed by atoms with Gasteiger partial charge >= 0.3 is 6.09 Å². The van der Waals surface area contributed by atoms with Crippen molar-refractivity contribution in [3.63, 3.8) is 0 Å². The normalized spacial score (nSPS) is 11.5. The number of aliphatic imine (C=N–C) groups is 1. The number of nitrogens with zero attached hydrogens (tertiary/aromatic N) is 4. The number of nitrogens with one attached hydrogen (secondary N) is 2. The minimum atomic E-state index is -0.541. The summed E-state index contributed by atoms with van der Waals surface area (Å²) in [6, 6.07) is 3.82. The summed E-state index contributed by atoms with van der Waals surface area (Å²) in [5.74, 6) is 0.710. The van der Waals surface area contributed by atoms with Crippen molar-refractivity contribution in [2.45, 2.75) is 59.7 Å². The highest BCUT2D eigenvalue weighted by Gasteiger charge is 2.22. The smallest absolute Gasteiger partial charge is 0.410 e. The monoisotopic (exact) mass is 574 g/mol. The Labute approximate surface area is 212 Å². The van der Waals surface area contributed by atoms with E-state index < -0.39 is 5.60 Å². The van der Waals surface area contributed by atoms with Gasteiger partial charge in [0.05, 0.1) is 18.8 Å². The van der Waals surface area contributed by atoms with Crippen LogP contribution < -0.4 is 10.6 Å². The molecule has 2 rings (SSSR count). The molecule has 0 aliphatic heterocycles. The van der Waals surface area contributed by atoms with Crippen LogP contribution in [-0.4, -0.2) is 52.7 Å². The molecule has 1 amide bonds. The number of thiazole rings is 1. The van der Waals surface area contributed by atoms with Crippen molar-refractivity contribution in [1.29, 1.82) is 0 Å². The number of hydrogen-bond donors (Lipinski definition) is 2. The summed E-state index contributed by atoms with van der Waals surface area (Å²) in [5, 5.41) is 7.61. The lowest BCUT2D eigenvalue weighted by atomic mass is 10.2. The molecule has 0 aromatic carbocycles. The molecule has 0 saturated carbocycles. The second kappa shape index (κ2) is 13.6. The minimum Gasteiger partial charge on any atom is -0.444 e. The molecule has 2 aromatic heterocycles. The highest BCUT2D eigenvalue weighted by molar-refractivity contribution is 14.0. The third kappa shape index (κ3) is 10.1. The number of aromatic nitrogens is 2. The fourth-order valence-corrected chi connectivity index (χ4v) is 3.62. The van der Waals surface area contributed by atoms with Crippen LogP contribution in [0.2, 0.25) is 0 Å². The molecule has 2 N–H and O–H groups in total. The Hall–Kier alpha value is -1.95. The van der Waals surface area contributed by atoms with Crippen molar-refractivity contribution < 1.29 is 9.53 Å². The lowest BCUT2D eigenvalue weighted by molar-refractivity contribution is 0.0232. The largest absolute Gasteiger partial charge is 0.444 e. The fourth-order valence-electron chi connectivity index (χ4n) is 2.74. The maximum Gasteiger partial charge on any atom is 0.410 e. The Balaban J connectivity index is 0.00000512. The highest BCUT2D eigenvalue weighted by atomic mass is 127. The first-order valence-electron chi connectivity index (χ1n) is 10.4. The molecule has 10 heteroatoms. The number of halogens is 1. The van der Waals surface area contributed by atoms with E-state index in [1.807, 2.05) is 39.8 Å². The zero-order chi connectivity index (χ0) is 22.9. The standard InChI is InChI=1S/C22H34N6O2S.HI/c1-16-17(2)31-19(27-16)14-26-20(23-6)25-11-8-12-28(21(29)30-22(3,4)5)15-18-9-7-10-24-13-18;/h7,9-10,13H,8,11-12,14-15H2,1-6H3,(H2,23,25,26);1H. The number of hydrogen-bond acceptors (Lipinski definition) is 6. The summed E-state index contributed by atoms with van der Waals surface area (Å²) >= 11 is 1.69. The van der Waals surface area contributed by atoms with Gasteiger partial charge in [0.25, 0.3) is 0 Å². The number of rotatable bonds is 8. The van der Waals surface area contributed by atoms with Crippen LogP contribution in [0.25, 0.3) is 0 Å². The molecule has 0 saturated heterocycles. The summed E-state index contributed by atoms with van der Waals surface area (Å²) in [4.78, 5) is 28.5. The van der Waals surface area contributed by atoms with Crippen molar-refractivity contribution in [2.75, 3.05) is 20.1 Å². The second-order valence-electron chi connectivity index (χ2n) is 8.22. The van der Waals surface area contributed by atoms with Gasteiger partial charge in [-0.15, -0.1) is 35.3 Å². The first-order chi connectivity index (χ1) is 14.7. The topological polar surface area (TPSA) is 91.7 Å². The Morgan fingerprint density at radius 3 is 2.59 bits per heavy atom. The summed E-state index contributed by atoms with van der Waals surface area (Å²) in [5.41, 5.74) is 1.49. The molecular formula is C22H35IN6O2S. The molecule has 0 unspecified atom stereocenters. The molecule has 0 atom stereocenters. The van der Waals surface area contributed by atoms with Crippen molar-refractivity contribution in [2.24, 2.45) is 4.99 Å². The van der Waals surface area contributed by atoms with E-state index in [0.717, 1.165) is 22.7 Å². The summed E-state index contributed by atoms with van der Waals surface area (Å²) in [6.07, 6.45) is 3.91. The molecule has 2 heterocycles. The first-order valence-corrected chi connectivity index (χ1v) is 11.2. The van der Waals surface area contributed by atoms with Crippen LogP contribution in [0.4, 0.5) is 4.79 Å². The number of amides is 1. The maximum atomic E-state index is 12.7. The van der Waals surface area contributed by atoms with E-state index in [1.165, 1.54) is 4.88 Å². The molecule has 0 aliphatic rings. The molecule has 0 spiro atoms. The summed E-state index contributed by atoms with van der Waals surface area (Å²) < 4.78 is 5.57. The van der Waals surface area contributed by atoms with E-state index in [4.69, 9.17) is 4.74 Å². The molecule has 2 aromatic rings. The van der Waals surface area contributed by atoms with E-state index in [2.05, 4.69) is 32.5 Å². The molecule has 32 heavy (non-hydrogen) atoms. The lowest BCUT2D eigenvalue weighted by Gasteiger charge is -2.27. The van der Waals surface area contributed by atoms with Gasteiger partial charge in [0.15, 0.2) is 5.96 Å². The summed E-state index contributed by atoms with van der Waals surface area (Å²) in [7, 11) is 1.74. The average molecular weight is 575 g/mol. The van der Waals surface area contributed by atoms with Crippen molar-refractivity contribution >= 4 is 47.4 Å². The van der Waals surface area contributed by atoms with Gasteiger partial charge in [-0.05, 0) is 52.7 Å². The molecular weight excluding hydrogens is 539 g/mol. The number of guanidine groups is 1. The third-order valence-electron chi connectivity index (χ3n) is 4.35. The van der Waals surface area contributed by atoms with Gasteiger partial charge in [-0.3, -0.25) is 9.98 Å². The number of carbonyl (C=O) groups is 1. The summed E-state index contributed by atoms with van der Waals surface area (Å²) in [6.45, 7) is 12.0. The van der Waals surface area contributed by atoms with Crippen molar-refractivity contribution in [3.05, 3.63) is 45.7 Å². The van der Waals surface area contributed by atoms with Crippen molar-refractivity contribution in [3.8, 4) is 0 Å². The predicted molar refractivity (Wildman–Crippen MR) is 141 cm³/mol. The number of aryl methyl sites for hydroxylation is 2. The molecule has 178 valence electrons. The SMILES string of the molecule is CN=C(NCCCN(Cc1cccnc1)C(=O)OC(C)(C)C)NCc1nc(C)c(C)s1.I. The van der Waals surface area contributed by atoms with Crippen LogP contribution in [0, 0.1) is 13.8 Å². The highest BCUT2D eigenvalue weighted by Crippen LogP contribution is 2.16. The molecule has 0 aliphatic carbocycles. The van der Waals surface area contributed by atoms with E-state index in [-0.39, 0.29) is 30.1 Å². The maximum absolute atomic E-state index is 12.7. The van der Waals surface area contributed by atoms with E-state index >= 15 is 0 Å². The average Bonchev–Trinajstić information content (AvgIpc) is 3.03. The number of ether oxygens (including phenoxy) is 1. The van der Waals surface area contributed by atoms with E-state index in [9.17, 15) is 4.79 Å². The van der Waals surface area contributed by atoms with Gasteiger partial charge in [0.1, 0.15) is 10.6 Å². The molecule has 0 bridgehead atoms. The number of pyridine rings is 1. The van der Waals surface area contributed by atoms with Crippen LogP contribution in [-0.2, 0) is 17.8 Å².